The van der Waals surface area contributed by atoms with E-state index in [4.69, 9.17) is 0 Å². The van der Waals surface area contributed by atoms with E-state index in [0.29, 0.717) is 0 Å². The number of hydrogen-bond acceptors (Lipinski definition) is 0. The SMILES string of the molecule is CCCCCCC(C)CC1C(C)C(CCC)C1C(C)CC. The predicted octanol–water partition coefficient (Wildman–Crippen LogP) is 7.33. The van der Waals surface area contributed by atoms with E-state index in [1.165, 1.54) is 57.8 Å². The van der Waals surface area contributed by atoms with Crippen molar-refractivity contribution >= 4 is 0 Å². The van der Waals surface area contributed by atoms with E-state index in [2.05, 4.69) is 41.5 Å². The Balaban J connectivity index is 2.44. The monoisotopic (exact) mass is 294 g/mol. The van der Waals surface area contributed by atoms with Gasteiger partial charge in [-0.3, -0.25) is 0 Å². The lowest BCUT2D eigenvalue weighted by atomic mass is 9.50. The molecule has 0 aromatic rings. The maximum Gasteiger partial charge on any atom is -0.0326 e. The summed E-state index contributed by atoms with van der Waals surface area (Å²) in [7, 11) is 0. The first-order valence-corrected chi connectivity index (χ1v) is 10.1. The number of rotatable bonds is 11. The molecule has 1 saturated carbocycles. The normalized spacial score (nSPS) is 31.7. The van der Waals surface area contributed by atoms with Crippen LogP contribution >= 0.6 is 0 Å². The highest BCUT2D eigenvalue weighted by Crippen LogP contribution is 2.55. The van der Waals surface area contributed by atoms with E-state index in [0.717, 1.165) is 35.5 Å². The summed E-state index contributed by atoms with van der Waals surface area (Å²) in [5, 5.41) is 0. The Labute approximate surface area is 135 Å². The van der Waals surface area contributed by atoms with Crippen LogP contribution in [-0.4, -0.2) is 0 Å². The molecule has 1 rings (SSSR count). The predicted molar refractivity (Wildman–Crippen MR) is 96.5 cm³/mol. The van der Waals surface area contributed by atoms with E-state index in [1.807, 2.05) is 0 Å². The first-order chi connectivity index (χ1) is 10.1. The molecule has 0 amide bonds. The van der Waals surface area contributed by atoms with Gasteiger partial charge in [0.1, 0.15) is 0 Å². The van der Waals surface area contributed by atoms with Crippen LogP contribution < -0.4 is 0 Å². The second-order valence-corrected chi connectivity index (χ2v) is 8.13. The molecule has 0 saturated heterocycles. The van der Waals surface area contributed by atoms with E-state index < -0.39 is 0 Å². The molecular formula is C21H42. The van der Waals surface area contributed by atoms with Crippen molar-refractivity contribution in [1.82, 2.24) is 0 Å². The highest BCUT2D eigenvalue weighted by atomic mass is 14.5. The van der Waals surface area contributed by atoms with Crippen molar-refractivity contribution in [1.29, 1.82) is 0 Å². The molecule has 0 aromatic carbocycles. The van der Waals surface area contributed by atoms with Crippen LogP contribution in [0.4, 0.5) is 0 Å². The smallest absolute Gasteiger partial charge is 0.0326 e. The third kappa shape index (κ3) is 5.29. The molecule has 0 radical (unpaired) electrons. The van der Waals surface area contributed by atoms with E-state index in [-0.39, 0.29) is 0 Å². The second-order valence-electron chi connectivity index (χ2n) is 8.13. The molecule has 0 nitrogen and oxygen atoms in total. The van der Waals surface area contributed by atoms with Crippen LogP contribution in [0.5, 0.6) is 0 Å². The molecule has 126 valence electrons. The van der Waals surface area contributed by atoms with Crippen molar-refractivity contribution in [3.8, 4) is 0 Å². The average molecular weight is 295 g/mol. The maximum absolute atomic E-state index is 2.55. The van der Waals surface area contributed by atoms with Gasteiger partial charge in [0.25, 0.3) is 0 Å². The summed E-state index contributed by atoms with van der Waals surface area (Å²) < 4.78 is 0. The molecule has 6 unspecified atom stereocenters. The van der Waals surface area contributed by atoms with Crippen LogP contribution in [0, 0.1) is 35.5 Å². The molecule has 0 heterocycles. The van der Waals surface area contributed by atoms with E-state index >= 15 is 0 Å². The lowest BCUT2D eigenvalue weighted by Crippen LogP contribution is -2.49. The van der Waals surface area contributed by atoms with Crippen LogP contribution in [0.2, 0.25) is 0 Å². The Morgan fingerprint density at radius 2 is 1.57 bits per heavy atom. The van der Waals surface area contributed by atoms with Gasteiger partial charge in [0.2, 0.25) is 0 Å². The van der Waals surface area contributed by atoms with Gasteiger partial charge in [-0.25, -0.2) is 0 Å². The molecule has 0 N–H and O–H groups in total. The maximum atomic E-state index is 2.55. The van der Waals surface area contributed by atoms with Crippen molar-refractivity contribution in [2.75, 3.05) is 0 Å². The zero-order chi connectivity index (χ0) is 15.8. The van der Waals surface area contributed by atoms with E-state index in [9.17, 15) is 0 Å². The van der Waals surface area contributed by atoms with Crippen LogP contribution in [0.25, 0.3) is 0 Å². The zero-order valence-corrected chi connectivity index (χ0v) is 15.8. The Hall–Kier alpha value is 0. The molecule has 0 aliphatic heterocycles. The van der Waals surface area contributed by atoms with Crippen molar-refractivity contribution in [2.45, 2.75) is 99.3 Å². The van der Waals surface area contributed by atoms with Gasteiger partial charge in [-0.05, 0) is 41.9 Å². The molecule has 1 aliphatic rings. The highest BCUT2D eigenvalue weighted by molar-refractivity contribution is 4.96. The minimum Gasteiger partial charge on any atom is -0.0654 e. The first-order valence-electron chi connectivity index (χ1n) is 10.1. The molecule has 0 bridgehead atoms. The van der Waals surface area contributed by atoms with Gasteiger partial charge in [0, 0.05) is 0 Å². The third-order valence-electron chi connectivity index (χ3n) is 6.49. The Bertz CT molecular complexity index is 257. The molecule has 1 aliphatic carbocycles. The number of unbranched alkanes of at least 4 members (excludes halogenated alkanes) is 3. The Morgan fingerprint density at radius 3 is 2.14 bits per heavy atom. The summed E-state index contributed by atoms with van der Waals surface area (Å²) in [6, 6.07) is 0. The molecule has 21 heavy (non-hydrogen) atoms. The van der Waals surface area contributed by atoms with Gasteiger partial charge in [0.05, 0.1) is 0 Å². The fraction of sp³-hybridized carbons (Fsp3) is 1.00. The lowest BCUT2D eigenvalue weighted by molar-refractivity contribution is -0.0638. The molecule has 6 atom stereocenters. The summed E-state index contributed by atoms with van der Waals surface area (Å²) in [5.41, 5.74) is 0. The average Bonchev–Trinajstić information content (AvgIpc) is 2.49. The van der Waals surface area contributed by atoms with E-state index in [1.54, 1.807) is 0 Å². The number of hydrogen-bond donors (Lipinski definition) is 0. The van der Waals surface area contributed by atoms with Gasteiger partial charge in [-0.2, -0.15) is 0 Å². The van der Waals surface area contributed by atoms with Crippen molar-refractivity contribution < 1.29 is 0 Å². The third-order valence-corrected chi connectivity index (χ3v) is 6.49. The fourth-order valence-corrected chi connectivity index (χ4v) is 4.97. The van der Waals surface area contributed by atoms with Crippen molar-refractivity contribution in [3.05, 3.63) is 0 Å². The standard InChI is InChI=1S/C21H42/c1-7-10-11-12-14-16(4)15-20-18(6)19(13-8-2)21(20)17(5)9-3/h16-21H,7-15H2,1-6H3. The summed E-state index contributed by atoms with van der Waals surface area (Å²) in [6.07, 6.45) is 12.9. The highest BCUT2D eigenvalue weighted by Gasteiger charge is 2.48. The molecule has 0 heteroatoms. The van der Waals surface area contributed by atoms with Gasteiger partial charge in [-0.1, -0.05) is 92.9 Å². The largest absolute Gasteiger partial charge is 0.0654 e. The second kappa shape index (κ2) is 9.90. The Morgan fingerprint density at radius 1 is 0.857 bits per heavy atom. The minimum absolute atomic E-state index is 0.940. The fourth-order valence-electron chi connectivity index (χ4n) is 4.97. The van der Waals surface area contributed by atoms with Crippen LogP contribution in [-0.2, 0) is 0 Å². The van der Waals surface area contributed by atoms with Crippen LogP contribution in [0.1, 0.15) is 99.3 Å². The van der Waals surface area contributed by atoms with Crippen LogP contribution in [0.15, 0.2) is 0 Å². The molecular weight excluding hydrogens is 252 g/mol. The van der Waals surface area contributed by atoms with Gasteiger partial charge in [0.15, 0.2) is 0 Å². The molecule has 0 spiro atoms. The molecule has 1 fully saturated rings. The summed E-state index contributed by atoms with van der Waals surface area (Å²) in [5.74, 6) is 5.96. The zero-order valence-electron chi connectivity index (χ0n) is 15.8. The van der Waals surface area contributed by atoms with Gasteiger partial charge in [-0.15, -0.1) is 0 Å². The molecule has 0 aromatic heterocycles. The summed E-state index contributed by atoms with van der Waals surface area (Å²) in [6.45, 7) is 14.6. The van der Waals surface area contributed by atoms with Crippen molar-refractivity contribution in [2.24, 2.45) is 35.5 Å². The van der Waals surface area contributed by atoms with Crippen molar-refractivity contribution in [3.63, 3.8) is 0 Å². The van der Waals surface area contributed by atoms with Gasteiger partial charge >= 0.3 is 0 Å². The summed E-state index contributed by atoms with van der Waals surface area (Å²) in [4.78, 5) is 0. The van der Waals surface area contributed by atoms with Gasteiger partial charge < -0.3 is 0 Å². The minimum atomic E-state index is 0.940. The topological polar surface area (TPSA) is 0 Å². The van der Waals surface area contributed by atoms with Crippen LogP contribution in [0.3, 0.4) is 0 Å². The lowest BCUT2D eigenvalue weighted by Gasteiger charge is -2.55. The summed E-state index contributed by atoms with van der Waals surface area (Å²) >= 11 is 0. The first kappa shape index (κ1) is 19.0. The quantitative estimate of drug-likeness (QED) is 0.350. The Kier molecular flexibility index (Phi) is 8.98.